The molecule has 1 aromatic rings. The molecule has 7 nitrogen and oxygen atoms in total. The van der Waals surface area contributed by atoms with Gasteiger partial charge in [0.15, 0.2) is 0 Å². The number of benzene rings is 1. The van der Waals surface area contributed by atoms with Crippen LogP contribution in [0.1, 0.15) is 13.3 Å². The highest BCUT2D eigenvalue weighted by Gasteiger charge is 2.32. The Balaban J connectivity index is 2.14. The van der Waals surface area contributed by atoms with E-state index in [0.29, 0.717) is 38.4 Å². The van der Waals surface area contributed by atoms with Crippen molar-refractivity contribution in [3.05, 3.63) is 30.1 Å². The molecule has 2 rings (SSSR count). The number of sulfonamides is 1. The number of carbonyl (C=O) groups is 2. The van der Waals surface area contributed by atoms with Crippen LogP contribution in [0.15, 0.2) is 29.2 Å². The molecule has 0 bridgehead atoms. The summed E-state index contributed by atoms with van der Waals surface area (Å²) in [5.41, 5.74) is 0. The quantitative estimate of drug-likeness (QED) is 0.713. The second-order valence-corrected chi connectivity index (χ2v) is 8.89. The molecule has 1 heterocycles. The fraction of sp³-hybridized carbons (Fsp3) is 0.529. The summed E-state index contributed by atoms with van der Waals surface area (Å²) in [4.78, 5) is 27.0. The number of piperazine rings is 1. The van der Waals surface area contributed by atoms with E-state index in [0.717, 1.165) is 6.07 Å². The maximum Gasteiger partial charge on any atom is 0.244 e. The minimum Gasteiger partial charge on any atom is -0.339 e. The molecule has 0 radical (unpaired) electrons. The lowest BCUT2D eigenvalue weighted by Crippen LogP contribution is -2.55. The predicted molar refractivity (Wildman–Crippen MR) is 102 cm³/mol. The van der Waals surface area contributed by atoms with Gasteiger partial charge in [-0.05, 0) is 30.6 Å². The number of nitrogens with zero attached hydrogens (tertiary/aromatic N) is 2. The fourth-order valence-electron chi connectivity index (χ4n) is 2.84. The van der Waals surface area contributed by atoms with Crippen molar-refractivity contribution in [2.75, 3.05) is 38.2 Å². The van der Waals surface area contributed by atoms with E-state index in [1.54, 1.807) is 9.80 Å². The molecule has 0 aromatic heterocycles. The Hall–Kier alpha value is -1.65. The second-order valence-electron chi connectivity index (χ2n) is 6.22. The van der Waals surface area contributed by atoms with Crippen molar-refractivity contribution in [3.63, 3.8) is 0 Å². The van der Waals surface area contributed by atoms with Crippen LogP contribution < -0.4 is 4.72 Å². The molecule has 1 aliphatic rings. The van der Waals surface area contributed by atoms with Crippen LogP contribution >= 0.6 is 11.8 Å². The average molecular weight is 418 g/mol. The number of hydrogen-bond donors (Lipinski definition) is 1. The molecule has 1 N–H and O–H groups in total. The first-order valence-corrected chi connectivity index (χ1v) is 11.4. The molecule has 27 heavy (non-hydrogen) atoms. The van der Waals surface area contributed by atoms with Crippen molar-refractivity contribution in [2.45, 2.75) is 24.3 Å². The first-order chi connectivity index (χ1) is 12.8. The van der Waals surface area contributed by atoms with Gasteiger partial charge in [0.1, 0.15) is 16.8 Å². The van der Waals surface area contributed by atoms with Gasteiger partial charge < -0.3 is 9.80 Å². The molecule has 0 saturated carbocycles. The van der Waals surface area contributed by atoms with Crippen molar-refractivity contribution >= 4 is 33.6 Å². The SMILES string of the molecule is CSCCC(NS(=O)(=O)c1ccccc1F)C(=O)N1CCN(C(C)=O)CC1. The zero-order valence-electron chi connectivity index (χ0n) is 15.4. The summed E-state index contributed by atoms with van der Waals surface area (Å²) in [6, 6.07) is 4.08. The van der Waals surface area contributed by atoms with Crippen molar-refractivity contribution in [1.82, 2.24) is 14.5 Å². The molecule has 150 valence electrons. The minimum atomic E-state index is -4.17. The number of thioether (sulfide) groups is 1. The summed E-state index contributed by atoms with van der Waals surface area (Å²) in [5.74, 6) is -0.701. The van der Waals surface area contributed by atoms with E-state index in [1.165, 1.54) is 36.9 Å². The number of hydrogen-bond acceptors (Lipinski definition) is 5. The maximum absolute atomic E-state index is 13.9. The molecule has 1 aromatic carbocycles. The van der Waals surface area contributed by atoms with Gasteiger partial charge in [0.2, 0.25) is 21.8 Å². The highest BCUT2D eigenvalue weighted by molar-refractivity contribution is 7.98. The Morgan fingerprint density at radius 1 is 1.19 bits per heavy atom. The number of nitrogens with one attached hydrogen (secondary N) is 1. The number of carbonyl (C=O) groups excluding carboxylic acids is 2. The van der Waals surface area contributed by atoms with E-state index >= 15 is 0 Å². The molecule has 1 aliphatic heterocycles. The van der Waals surface area contributed by atoms with Crippen LogP contribution in [0.2, 0.25) is 0 Å². The van der Waals surface area contributed by atoms with E-state index in [1.807, 2.05) is 6.26 Å². The Kier molecular flexibility index (Phi) is 7.63. The van der Waals surface area contributed by atoms with Crippen molar-refractivity contribution in [2.24, 2.45) is 0 Å². The van der Waals surface area contributed by atoms with Crippen LogP contribution in [-0.2, 0) is 19.6 Å². The molecule has 1 saturated heterocycles. The van der Waals surface area contributed by atoms with Crippen LogP contribution in [0.25, 0.3) is 0 Å². The molecule has 0 spiro atoms. The second kappa shape index (κ2) is 9.52. The Morgan fingerprint density at radius 3 is 2.33 bits per heavy atom. The molecule has 1 unspecified atom stereocenters. The Morgan fingerprint density at radius 2 is 1.78 bits per heavy atom. The van der Waals surface area contributed by atoms with Gasteiger partial charge in [-0.1, -0.05) is 12.1 Å². The van der Waals surface area contributed by atoms with Gasteiger partial charge in [-0.25, -0.2) is 12.8 Å². The van der Waals surface area contributed by atoms with E-state index in [4.69, 9.17) is 0 Å². The Labute approximate surface area is 163 Å². The fourth-order valence-corrected chi connectivity index (χ4v) is 4.62. The zero-order valence-corrected chi connectivity index (χ0v) is 17.0. The van der Waals surface area contributed by atoms with Gasteiger partial charge in [0, 0.05) is 33.1 Å². The summed E-state index contributed by atoms with van der Waals surface area (Å²) in [6.07, 6.45) is 2.15. The van der Waals surface area contributed by atoms with E-state index in [9.17, 15) is 22.4 Å². The van der Waals surface area contributed by atoms with E-state index < -0.39 is 26.8 Å². The maximum atomic E-state index is 13.9. The molecular weight excluding hydrogens is 393 g/mol. The lowest BCUT2D eigenvalue weighted by Gasteiger charge is -2.36. The van der Waals surface area contributed by atoms with Crippen LogP contribution in [0.4, 0.5) is 4.39 Å². The standard InChI is InChI=1S/C17H24FN3O4S2/c1-13(22)20-8-10-21(11-9-20)17(23)15(7-12-26-2)19-27(24,25)16-6-4-3-5-14(16)18/h3-6,15,19H,7-12H2,1-2H3. The third-order valence-electron chi connectivity index (χ3n) is 4.37. The molecule has 10 heteroatoms. The normalized spacial score (nSPS) is 16.3. The average Bonchev–Trinajstić information content (AvgIpc) is 2.64. The molecular formula is C17H24FN3O4S2. The third-order valence-corrected chi connectivity index (χ3v) is 6.52. The topological polar surface area (TPSA) is 86.8 Å². The van der Waals surface area contributed by atoms with Crippen LogP contribution in [0, 0.1) is 5.82 Å². The van der Waals surface area contributed by atoms with Crippen molar-refractivity contribution in [3.8, 4) is 0 Å². The monoisotopic (exact) mass is 417 g/mol. The van der Waals surface area contributed by atoms with Gasteiger partial charge in [-0.3, -0.25) is 9.59 Å². The number of halogens is 1. The summed E-state index contributed by atoms with van der Waals surface area (Å²) >= 11 is 1.49. The smallest absolute Gasteiger partial charge is 0.244 e. The minimum absolute atomic E-state index is 0.0544. The van der Waals surface area contributed by atoms with Gasteiger partial charge in [0.25, 0.3) is 0 Å². The zero-order chi connectivity index (χ0) is 20.0. The van der Waals surface area contributed by atoms with E-state index in [2.05, 4.69) is 4.72 Å². The molecule has 2 amide bonds. The van der Waals surface area contributed by atoms with Gasteiger partial charge in [-0.15, -0.1) is 0 Å². The largest absolute Gasteiger partial charge is 0.339 e. The predicted octanol–water partition coefficient (Wildman–Crippen LogP) is 0.916. The summed E-state index contributed by atoms with van der Waals surface area (Å²) in [6.45, 7) is 2.99. The lowest BCUT2D eigenvalue weighted by molar-refractivity contribution is -0.139. The van der Waals surface area contributed by atoms with Gasteiger partial charge in [-0.2, -0.15) is 16.5 Å². The van der Waals surface area contributed by atoms with Crippen LogP contribution in [-0.4, -0.2) is 74.3 Å². The molecule has 1 atom stereocenters. The van der Waals surface area contributed by atoms with Gasteiger partial charge in [0.05, 0.1) is 0 Å². The molecule has 1 fully saturated rings. The highest BCUT2D eigenvalue weighted by atomic mass is 32.2. The third kappa shape index (κ3) is 5.66. The van der Waals surface area contributed by atoms with Crippen LogP contribution in [0.5, 0.6) is 0 Å². The Bertz CT molecular complexity index is 780. The van der Waals surface area contributed by atoms with E-state index in [-0.39, 0.29) is 11.8 Å². The highest BCUT2D eigenvalue weighted by Crippen LogP contribution is 2.16. The molecule has 0 aliphatic carbocycles. The summed E-state index contributed by atoms with van der Waals surface area (Å²) in [5, 5.41) is 0. The van der Waals surface area contributed by atoms with Gasteiger partial charge >= 0.3 is 0 Å². The first-order valence-electron chi connectivity index (χ1n) is 8.56. The lowest BCUT2D eigenvalue weighted by atomic mass is 10.2. The number of amides is 2. The van der Waals surface area contributed by atoms with Crippen LogP contribution in [0.3, 0.4) is 0 Å². The summed E-state index contributed by atoms with van der Waals surface area (Å²) in [7, 11) is -4.17. The number of rotatable bonds is 7. The summed E-state index contributed by atoms with van der Waals surface area (Å²) < 4.78 is 41.4. The van der Waals surface area contributed by atoms with Crippen molar-refractivity contribution < 1.29 is 22.4 Å². The van der Waals surface area contributed by atoms with Crippen molar-refractivity contribution in [1.29, 1.82) is 0 Å². The first kappa shape index (κ1) is 21.6.